The summed E-state index contributed by atoms with van der Waals surface area (Å²) < 4.78 is 0. The summed E-state index contributed by atoms with van der Waals surface area (Å²) in [5.41, 5.74) is 3.56. The summed E-state index contributed by atoms with van der Waals surface area (Å²) in [7, 11) is 0. The van der Waals surface area contributed by atoms with E-state index in [1.807, 2.05) is 55.5 Å². The van der Waals surface area contributed by atoms with E-state index >= 15 is 0 Å². The largest absolute Gasteiger partial charge is 0.506 e. The molecule has 0 spiro atoms. The molecule has 0 atom stereocenters. The predicted octanol–water partition coefficient (Wildman–Crippen LogP) is 4.32. The van der Waals surface area contributed by atoms with Gasteiger partial charge in [0.25, 0.3) is 0 Å². The van der Waals surface area contributed by atoms with Crippen molar-refractivity contribution in [1.29, 1.82) is 5.26 Å². The van der Waals surface area contributed by atoms with Gasteiger partial charge in [0.15, 0.2) is 0 Å². The molecule has 1 N–H and O–H groups in total. The monoisotopic (exact) mass is 273 g/mol. The molecule has 0 saturated heterocycles. The molecule has 21 heavy (non-hydrogen) atoms. The molecule has 0 amide bonds. The van der Waals surface area contributed by atoms with E-state index in [1.165, 1.54) is 5.56 Å². The molecule has 0 aliphatic carbocycles. The fraction of sp³-hybridized carbons (Fsp3) is 0.105. The zero-order chi connectivity index (χ0) is 14.8. The summed E-state index contributed by atoms with van der Waals surface area (Å²) >= 11 is 0. The third kappa shape index (κ3) is 2.46. The fourth-order valence-electron chi connectivity index (χ4n) is 2.69. The van der Waals surface area contributed by atoms with Crippen molar-refractivity contribution in [1.82, 2.24) is 0 Å². The summed E-state index contributed by atoms with van der Waals surface area (Å²) in [5.74, 6) is 0.0817. The minimum absolute atomic E-state index is 0.0817. The Bertz CT molecular complexity index is 859. The first-order valence-corrected chi connectivity index (χ1v) is 6.88. The van der Waals surface area contributed by atoms with E-state index in [4.69, 9.17) is 0 Å². The van der Waals surface area contributed by atoms with Crippen molar-refractivity contribution in [3.63, 3.8) is 0 Å². The summed E-state index contributed by atoms with van der Waals surface area (Å²) in [6, 6.07) is 19.9. The van der Waals surface area contributed by atoms with Gasteiger partial charge in [-0.05, 0) is 35.9 Å². The van der Waals surface area contributed by atoms with Crippen LogP contribution in [-0.4, -0.2) is 5.11 Å². The molecule has 2 nitrogen and oxygen atoms in total. The lowest BCUT2D eigenvalue weighted by molar-refractivity contribution is 0.479. The smallest absolute Gasteiger partial charge is 0.141 e. The van der Waals surface area contributed by atoms with Crippen LogP contribution < -0.4 is 0 Å². The number of nitrogens with zero attached hydrogens (tertiary/aromatic N) is 1. The summed E-state index contributed by atoms with van der Waals surface area (Å²) in [5, 5.41) is 21.4. The number of hydrogen-bond acceptors (Lipinski definition) is 2. The molecular formula is C19H15NO. The average molecular weight is 273 g/mol. The van der Waals surface area contributed by atoms with Crippen LogP contribution in [0.1, 0.15) is 22.3 Å². The van der Waals surface area contributed by atoms with E-state index in [-0.39, 0.29) is 5.75 Å². The Labute approximate surface area is 123 Å². The SMILES string of the molecule is Cc1cccc(Cc2cc3ccccc3c(O)c2C#N)c1. The Hall–Kier alpha value is -2.79. The minimum atomic E-state index is 0.0817. The number of rotatable bonds is 2. The molecule has 0 aliphatic rings. The van der Waals surface area contributed by atoms with E-state index < -0.39 is 0 Å². The van der Waals surface area contributed by atoms with Crippen molar-refractivity contribution in [3.05, 3.63) is 76.9 Å². The zero-order valence-corrected chi connectivity index (χ0v) is 11.8. The third-order valence-electron chi connectivity index (χ3n) is 3.69. The second-order valence-corrected chi connectivity index (χ2v) is 5.26. The maximum Gasteiger partial charge on any atom is 0.141 e. The number of hydrogen-bond donors (Lipinski definition) is 1. The van der Waals surface area contributed by atoms with Crippen LogP contribution in [0.4, 0.5) is 0 Å². The van der Waals surface area contributed by atoms with E-state index in [0.29, 0.717) is 12.0 Å². The highest BCUT2D eigenvalue weighted by molar-refractivity contribution is 5.91. The molecular weight excluding hydrogens is 258 g/mol. The van der Waals surface area contributed by atoms with Crippen LogP contribution in [0.5, 0.6) is 5.75 Å². The number of aryl methyl sites for hydroxylation is 1. The molecule has 0 aliphatic heterocycles. The quantitative estimate of drug-likeness (QED) is 0.755. The van der Waals surface area contributed by atoms with Gasteiger partial charge in [-0.2, -0.15) is 5.26 Å². The maximum absolute atomic E-state index is 10.3. The number of benzene rings is 3. The van der Waals surface area contributed by atoms with Gasteiger partial charge < -0.3 is 5.11 Å². The average Bonchev–Trinajstić information content (AvgIpc) is 2.48. The normalized spacial score (nSPS) is 10.5. The lowest BCUT2D eigenvalue weighted by Gasteiger charge is -2.10. The molecule has 0 unspecified atom stereocenters. The van der Waals surface area contributed by atoms with Crippen LogP contribution in [0.3, 0.4) is 0 Å². The van der Waals surface area contributed by atoms with Gasteiger partial charge in [-0.25, -0.2) is 0 Å². The molecule has 0 saturated carbocycles. The van der Waals surface area contributed by atoms with Crippen LogP contribution in [0.25, 0.3) is 10.8 Å². The molecule has 0 aromatic heterocycles. The highest BCUT2D eigenvalue weighted by atomic mass is 16.3. The molecule has 0 bridgehead atoms. The minimum Gasteiger partial charge on any atom is -0.506 e. The Morgan fingerprint density at radius 3 is 2.62 bits per heavy atom. The molecule has 102 valence electrons. The van der Waals surface area contributed by atoms with Gasteiger partial charge in [0.1, 0.15) is 11.8 Å². The first-order chi connectivity index (χ1) is 10.2. The van der Waals surface area contributed by atoms with E-state index in [1.54, 1.807) is 0 Å². The van der Waals surface area contributed by atoms with Crippen molar-refractivity contribution in [2.24, 2.45) is 0 Å². The van der Waals surface area contributed by atoms with Crippen LogP contribution in [0.15, 0.2) is 54.6 Å². The van der Waals surface area contributed by atoms with Gasteiger partial charge in [0, 0.05) is 5.39 Å². The van der Waals surface area contributed by atoms with Crippen molar-refractivity contribution in [3.8, 4) is 11.8 Å². The van der Waals surface area contributed by atoms with Crippen LogP contribution in [-0.2, 0) is 6.42 Å². The lowest BCUT2D eigenvalue weighted by atomic mass is 9.95. The topological polar surface area (TPSA) is 44.0 Å². The van der Waals surface area contributed by atoms with Crippen molar-refractivity contribution >= 4 is 10.8 Å². The highest BCUT2D eigenvalue weighted by Gasteiger charge is 2.12. The second kappa shape index (κ2) is 5.30. The number of aromatic hydroxyl groups is 1. The lowest BCUT2D eigenvalue weighted by Crippen LogP contribution is -1.94. The predicted molar refractivity (Wildman–Crippen MR) is 84.3 cm³/mol. The summed E-state index contributed by atoms with van der Waals surface area (Å²) in [6.45, 7) is 2.05. The van der Waals surface area contributed by atoms with Gasteiger partial charge in [0.2, 0.25) is 0 Å². The van der Waals surface area contributed by atoms with Crippen LogP contribution in [0.2, 0.25) is 0 Å². The first-order valence-electron chi connectivity index (χ1n) is 6.88. The standard InChI is InChI=1S/C19H15NO/c1-13-5-4-6-14(9-13)10-16-11-15-7-2-3-8-17(15)19(21)18(16)12-20/h2-9,11,21H,10H2,1H3. The summed E-state index contributed by atoms with van der Waals surface area (Å²) in [4.78, 5) is 0. The Morgan fingerprint density at radius 1 is 1.05 bits per heavy atom. The fourth-order valence-corrected chi connectivity index (χ4v) is 2.69. The summed E-state index contributed by atoms with van der Waals surface area (Å²) in [6.07, 6.45) is 0.642. The zero-order valence-electron chi connectivity index (χ0n) is 11.8. The van der Waals surface area contributed by atoms with Gasteiger partial charge >= 0.3 is 0 Å². The van der Waals surface area contributed by atoms with E-state index in [2.05, 4.69) is 12.1 Å². The molecule has 2 heteroatoms. The number of phenols is 1. The highest BCUT2D eigenvalue weighted by Crippen LogP contribution is 2.32. The molecule has 3 rings (SSSR count). The van der Waals surface area contributed by atoms with E-state index in [9.17, 15) is 10.4 Å². The number of phenolic OH excluding ortho intramolecular Hbond substituents is 1. The molecule has 3 aromatic rings. The van der Waals surface area contributed by atoms with Crippen molar-refractivity contribution < 1.29 is 5.11 Å². The Balaban J connectivity index is 2.16. The number of fused-ring (bicyclic) bond motifs is 1. The third-order valence-corrected chi connectivity index (χ3v) is 3.69. The Morgan fingerprint density at radius 2 is 1.86 bits per heavy atom. The van der Waals surface area contributed by atoms with Crippen LogP contribution >= 0.6 is 0 Å². The van der Waals surface area contributed by atoms with Gasteiger partial charge in [0.05, 0.1) is 5.56 Å². The molecule has 0 radical (unpaired) electrons. The van der Waals surface area contributed by atoms with Gasteiger partial charge in [-0.1, -0.05) is 54.1 Å². The van der Waals surface area contributed by atoms with Gasteiger partial charge in [-0.3, -0.25) is 0 Å². The number of nitriles is 1. The molecule has 0 fully saturated rings. The second-order valence-electron chi connectivity index (χ2n) is 5.26. The molecule has 3 aromatic carbocycles. The van der Waals surface area contributed by atoms with Crippen molar-refractivity contribution in [2.45, 2.75) is 13.3 Å². The Kier molecular flexibility index (Phi) is 3.33. The maximum atomic E-state index is 10.3. The van der Waals surface area contributed by atoms with Crippen molar-refractivity contribution in [2.75, 3.05) is 0 Å². The van der Waals surface area contributed by atoms with E-state index in [0.717, 1.165) is 21.9 Å². The van der Waals surface area contributed by atoms with Gasteiger partial charge in [-0.15, -0.1) is 0 Å². The molecule has 0 heterocycles. The first kappa shape index (κ1) is 13.2. The van der Waals surface area contributed by atoms with Crippen LogP contribution in [0, 0.1) is 18.3 Å².